The van der Waals surface area contributed by atoms with Crippen LogP contribution in [0.1, 0.15) is 26.7 Å². The first-order valence-electron chi connectivity index (χ1n) is 5.81. The second-order valence-corrected chi connectivity index (χ2v) is 3.21. The maximum Gasteiger partial charge on any atom is 0.320 e. The number of amidine groups is 1. The van der Waals surface area contributed by atoms with E-state index in [1.54, 1.807) is 6.07 Å². The van der Waals surface area contributed by atoms with Gasteiger partial charge < -0.3 is 5.73 Å². The van der Waals surface area contributed by atoms with Crippen molar-refractivity contribution in [1.82, 2.24) is 9.88 Å². The van der Waals surface area contributed by atoms with Gasteiger partial charge in [0.2, 0.25) is 0 Å². The van der Waals surface area contributed by atoms with Crippen molar-refractivity contribution < 1.29 is 9.18 Å². The molecule has 0 bridgehead atoms. The first-order valence-corrected chi connectivity index (χ1v) is 5.81. The fourth-order valence-corrected chi connectivity index (χ4v) is 1.26. The summed E-state index contributed by atoms with van der Waals surface area (Å²) >= 11 is 0. The quantitative estimate of drug-likeness (QED) is 0.745. The highest BCUT2D eigenvalue weighted by molar-refractivity contribution is 5.96. The van der Waals surface area contributed by atoms with Gasteiger partial charge >= 0.3 is 6.03 Å². The van der Waals surface area contributed by atoms with Crippen molar-refractivity contribution in [3.05, 3.63) is 30.3 Å². The monoisotopic (exact) mass is 254 g/mol. The van der Waals surface area contributed by atoms with Crippen LogP contribution >= 0.6 is 0 Å². The topological polar surface area (TPSA) is 83.1 Å². The van der Waals surface area contributed by atoms with E-state index in [2.05, 4.69) is 4.98 Å². The molecule has 3 N–H and O–H groups in total. The zero-order chi connectivity index (χ0) is 14.0. The number of pyridine rings is 1. The minimum absolute atomic E-state index is 0.289. The number of carbonyl (C=O) groups is 1. The van der Waals surface area contributed by atoms with E-state index in [1.807, 2.05) is 13.8 Å². The van der Waals surface area contributed by atoms with Crippen LogP contribution in [0.4, 0.5) is 9.18 Å². The van der Waals surface area contributed by atoms with E-state index in [0.29, 0.717) is 18.8 Å². The van der Waals surface area contributed by atoms with Gasteiger partial charge in [0, 0.05) is 19.2 Å². The fourth-order valence-electron chi connectivity index (χ4n) is 1.26. The van der Waals surface area contributed by atoms with Crippen molar-refractivity contribution >= 4 is 11.9 Å². The van der Waals surface area contributed by atoms with E-state index in [4.69, 9.17) is 11.1 Å². The number of hydrogen-bond acceptors (Lipinski definition) is 3. The molecule has 1 saturated heterocycles. The number of carbonyl (C=O) groups excluding carboxylic acids is 1. The van der Waals surface area contributed by atoms with Crippen molar-refractivity contribution in [2.75, 3.05) is 6.54 Å². The van der Waals surface area contributed by atoms with Gasteiger partial charge in [0.25, 0.3) is 0 Å². The molecule has 1 aromatic heterocycles. The molecule has 0 spiro atoms. The van der Waals surface area contributed by atoms with Gasteiger partial charge in [-0.05, 0) is 18.6 Å². The molecule has 5 nitrogen and oxygen atoms in total. The summed E-state index contributed by atoms with van der Waals surface area (Å²) in [5.74, 6) is 0.0602. The molecule has 100 valence electrons. The number of halogens is 1. The van der Waals surface area contributed by atoms with Gasteiger partial charge in [0.15, 0.2) is 0 Å². The number of urea groups is 1. The van der Waals surface area contributed by atoms with E-state index in [1.165, 1.54) is 23.4 Å². The predicted molar refractivity (Wildman–Crippen MR) is 68.8 cm³/mol. The molecule has 0 atom stereocenters. The third-order valence-corrected chi connectivity index (χ3v) is 2.01. The molecule has 1 aromatic rings. The van der Waals surface area contributed by atoms with Crippen LogP contribution in [0.25, 0.3) is 0 Å². The molecule has 2 heterocycles. The van der Waals surface area contributed by atoms with Crippen molar-refractivity contribution in [2.24, 2.45) is 5.73 Å². The van der Waals surface area contributed by atoms with Crippen LogP contribution in [0.2, 0.25) is 0 Å². The Morgan fingerprint density at radius 3 is 2.44 bits per heavy atom. The molecule has 2 rings (SSSR count). The van der Waals surface area contributed by atoms with Crippen LogP contribution < -0.4 is 5.73 Å². The summed E-state index contributed by atoms with van der Waals surface area (Å²) in [5.41, 5.74) is 4.93. The predicted octanol–water partition coefficient (Wildman–Crippen LogP) is 2.39. The first-order chi connectivity index (χ1) is 8.61. The molecule has 0 saturated carbocycles. The Morgan fingerprint density at radius 1 is 1.56 bits per heavy atom. The Morgan fingerprint density at radius 2 is 2.22 bits per heavy atom. The molecule has 6 heteroatoms. The third kappa shape index (κ3) is 5.93. The Kier molecular flexibility index (Phi) is 8.09. The maximum atomic E-state index is 11.8. The lowest BCUT2D eigenvalue weighted by Gasteiger charge is -2.10. The van der Waals surface area contributed by atoms with Crippen LogP contribution in [0, 0.1) is 11.2 Å². The summed E-state index contributed by atoms with van der Waals surface area (Å²) in [6, 6.07) is 2.40. The normalized spacial score (nSPS) is 13.1. The van der Waals surface area contributed by atoms with Gasteiger partial charge in [-0.1, -0.05) is 13.8 Å². The smallest absolute Gasteiger partial charge is 0.320 e. The van der Waals surface area contributed by atoms with Gasteiger partial charge in [0.05, 0.1) is 6.20 Å². The molecule has 0 unspecified atom stereocenters. The Labute approximate surface area is 106 Å². The number of rotatable bonds is 0. The van der Waals surface area contributed by atoms with Gasteiger partial charge in [-0.3, -0.25) is 15.3 Å². The van der Waals surface area contributed by atoms with E-state index in [0.717, 1.165) is 6.42 Å². The average molecular weight is 254 g/mol. The zero-order valence-corrected chi connectivity index (χ0v) is 10.7. The molecule has 0 radical (unpaired) electrons. The summed E-state index contributed by atoms with van der Waals surface area (Å²) in [5, 5.41) is 7.16. The molecule has 1 aliphatic heterocycles. The number of primary amides is 1. The highest BCUT2D eigenvalue weighted by atomic mass is 19.1. The molecule has 2 amide bonds. The molecule has 1 aliphatic rings. The summed E-state index contributed by atoms with van der Waals surface area (Å²) in [6.45, 7) is 4.62. The molecular weight excluding hydrogens is 235 g/mol. The van der Waals surface area contributed by atoms with Crippen LogP contribution in [-0.4, -0.2) is 28.3 Å². The van der Waals surface area contributed by atoms with Gasteiger partial charge in [-0.25, -0.2) is 9.18 Å². The highest BCUT2D eigenvalue weighted by Gasteiger charge is 2.20. The van der Waals surface area contributed by atoms with E-state index in [-0.39, 0.29) is 5.82 Å². The summed E-state index contributed by atoms with van der Waals surface area (Å²) in [4.78, 5) is 15.2. The molecule has 1 fully saturated rings. The van der Waals surface area contributed by atoms with Gasteiger partial charge in [-0.15, -0.1) is 0 Å². The minimum atomic E-state index is -0.502. The van der Waals surface area contributed by atoms with Crippen molar-refractivity contribution in [3.8, 4) is 0 Å². The third-order valence-electron chi connectivity index (χ3n) is 2.01. The molecule has 18 heavy (non-hydrogen) atoms. The first kappa shape index (κ1) is 16.0. The number of nitrogens with zero attached hydrogens (tertiary/aromatic N) is 2. The second-order valence-electron chi connectivity index (χ2n) is 3.21. The summed E-state index contributed by atoms with van der Waals surface area (Å²) < 4.78 is 11.8. The number of amides is 2. The molecule has 0 aliphatic carbocycles. The van der Waals surface area contributed by atoms with Crippen LogP contribution in [-0.2, 0) is 0 Å². The number of nitrogens with one attached hydrogen (secondary N) is 1. The Hall–Kier alpha value is -1.98. The number of nitrogens with two attached hydrogens (primary N) is 1. The SMILES string of the molecule is CC.Fc1cccnc1.N=C1CCCN1C(N)=O. The Bertz CT molecular complexity index is 370. The lowest BCUT2D eigenvalue weighted by molar-refractivity contribution is 0.232. The van der Waals surface area contributed by atoms with E-state index < -0.39 is 6.03 Å². The van der Waals surface area contributed by atoms with E-state index in [9.17, 15) is 9.18 Å². The minimum Gasteiger partial charge on any atom is -0.351 e. The van der Waals surface area contributed by atoms with Gasteiger partial charge in [-0.2, -0.15) is 0 Å². The summed E-state index contributed by atoms with van der Waals surface area (Å²) in [6.07, 6.45) is 4.26. The van der Waals surface area contributed by atoms with Crippen molar-refractivity contribution in [3.63, 3.8) is 0 Å². The van der Waals surface area contributed by atoms with Crippen LogP contribution in [0.5, 0.6) is 0 Å². The number of aromatic nitrogens is 1. The fraction of sp³-hybridized carbons (Fsp3) is 0.417. The standard InChI is InChI=1S/C5H4FN.C5H9N3O.C2H6/c6-5-2-1-3-7-4-5;6-4-2-1-3-8(4)5(7)9;1-2/h1-4H;6H,1-3H2,(H2,7,9);1-2H3. The lowest BCUT2D eigenvalue weighted by Crippen LogP contribution is -2.35. The van der Waals surface area contributed by atoms with Crippen molar-refractivity contribution in [2.45, 2.75) is 26.7 Å². The average Bonchev–Trinajstić information content (AvgIpc) is 2.80. The molecular formula is C12H19FN4O. The Balaban J connectivity index is 0.000000289. The second kappa shape index (κ2) is 9.09. The zero-order valence-electron chi connectivity index (χ0n) is 10.7. The van der Waals surface area contributed by atoms with E-state index >= 15 is 0 Å². The van der Waals surface area contributed by atoms with Crippen LogP contribution in [0.3, 0.4) is 0 Å². The largest absolute Gasteiger partial charge is 0.351 e. The number of likely N-dealkylation sites (tertiary alicyclic amines) is 1. The number of hydrogen-bond donors (Lipinski definition) is 2. The summed E-state index contributed by atoms with van der Waals surface area (Å²) in [7, 11) is 0. The van der Waals surface area contributed by atoms with Crippen LogP contribution in [0.15, 0.2) is 24.5 Å². The molecule has 0 aromatic carbocycles. The van der Waals surface area contributed by atoms with Crippen molar-refractivity contribution in [1.29, 1.82) is 5.41 Å². The highest BCUT2D eigenvalue weighted by Crippen LogP contribution is 2.08. The lowest BCUT2D eigenvalue weighted by atomic mass is 10.4. The maximum absolute atomic E-state index is 11.8. The van der Waals surface area contributed by atoms with Gasteiger partial charge in [0.1, 0.15) is 11.7 Å².